The summed E-state index contributed by atoms with van der Waals surface area (Å²) in [4.78, 5) is 10.6. The van der Waals surface area contributed by atoms with Crippen LogP contribution in [-0.2, 0) is 0 Å². The quantitative estimate of drug-likeness (QED) is 0.633. The molecular weight excluding hydrogens is 336 g/mol. The number of nitrogens with two attached hydrogens (primary N) is 1. The normalized spacial score (nSPS) is 12.0. The number of ether oxygens (including phenoxy) is 1. The van der Waals surface area contributed by atoms with Gasteiger partial charge in [-0.25, -0.2) is 0 Å². The molecule has 0 aromatic heterocycles. The molecule has 0 saturated heterocycles. The van der Waals surface area contributed by atoms with Crippen molar-refractivity contribution in [3.05, 3.63) is 62.6 Å². The number of rotatable bonds is 5. The Morgan fingerprint density at radius 2 is 1.95 bits per heavy atom. The molecule has 21 heavy (non-hydrogen) atoms. The number of nitro benzene ring substituents is 1. The molecule has 6 heteroatoms. The molecule has 0 aliphatic heterocycles. The molecule has 0 heterocycles. The second kappa shape index (κ2) is 6.69. The van der Waals surface area contributed by atoms with E-state index in [2.05, 4.69) is 15.9 Å². The van der Waals surface area contributed by atoms with Crippen molar-refractivity contribution < 1.29 is 9.66 Å². The second-order valence-corrected chi connectivity index (χ2v) is 5.47. The molecule has 0 fully saturated rings. The van der Waals surface area contributed by atoms with Crippen molar-refractivity contribution in [3.8, 4) is 11.5 Å². The zero-order chi connectivity index (χ0) is 15.4. The zero-order valence-electron chi connectivity index (χ0n) is 11.5. The van der Waals surface area contributed by atoms with Crippen molar-refractivity contribution in [3.63, 3.8) is 0 Å². The first kappa shape index (κ1) is 15.5. The van der Waals surface area contributed by atoms with Gasteiger partial charge in [0.2, 0.25) is 5.75 Å². The van der Waals surface area contributed by atoms with Gasteiger partial charge in [0.1, 0.15) is 5.75 Å². The Hall–Kier alpha value is -1.92. The minimum Gasteiger partial charge on any atom is -0.450 e. The Balaban J connectivity index is 2.24. The van der Waals surface area contributed by atoms with Crippen LogP contribution in [0.4, 0.5) is 5.69 Å². The molecule has 0 aliphatic carbocycles. The van der Waals surface area contributed by atoms with Crippen molar-refractivity contribution in [2.45, 2.75) is 19.4 Å². The first-order chi connectivity index (χ1) is 10.0. The number of hydrogen-bond acceptors (Lipinski definition) is 4. The third kappa shape index (κ3) is 3.80. The van der Waals surface area contributed by atoms with Crippen LogP contribution in [0.15, 0.2) is 46.9 Å². The highest BCUT2D eigenvalue weighted by atomic mass is 79.9. The van der Waals surface area contributed by atoms with Crippen LogP contribution in [0.3, 0.4) is 0 Å². The van der Waals surface area contributed by atoms with Crippen molar-refractivity contribution >= 4 is 21.6 Å². The van der Waals surface area contributed by atoms with Crippen LogP contribution in [-0.4, -0.2) is 4.92 Å². The smallest absolute Gasteiger partial charge is 0.312 e. The van der Waals surface area contributed by atoms with Crippen molar-refractivity contribution in [1.29, 1.82) is 0 Å². The molecule has 110 valence electrons. The predicted octanol–water partition coefficient (Wildman–Crippen LogP) is 4.56. The van der Waals surface area contributed by atoms with E-state index in [1.54, 1.807) is 24.3 Å². The van der Waals surface area contributed by atoms with E-state index >= 15 is 0 Å². The molecular formula is C15H15BrN2O3. The summed E-state index contributed by atoms with van der Waals surface area (Å²) in [6.45, 7) is 2.01. The van der Waals surface area contributed by atoms with Crippen molar-refractivity contribution in [1.82, 2.24) is 0 Å². The van der Waals surface area contributed by atoms with Gasteiger partial charge in [-0.05, 0) is 36.2 Å². The molecule has 0 saturated carbocycles. The largest absolute Gasteiger partial charge is 0.450 e. The summed E-state index contributed by atoms with van der Waals surface area (Å²) in [6, 6.07) is 11.9. The van der Waals surface area contributed by atoms with Gasteiger partial charge in [0.05, 0.1) is 4.92 Å². The molecule has 2 aromatic rings. The lowest BCUT2D eigenvalue weighted by molar-refractivity contribution is -0.385. The Bertz CT molecular complexity index is 644. The monoisotopic (exact) mass is 350 g/mol. The van der Waals surface area contributed by atoms with E-state index in [9.17, 15) is 10.1 Å². The Morgan fingerprint density at radius 1 is 1.29 bits per heavy atom. The topological polar surface area (TPSA) is 78.4 Å². The van der Waals surface area contributed by atoms with E-state index in [0.29, 0.717) is 10.2 Å². The average molecular weight is 351 g/mol. The van der Waals surface area contributed by atoms with Gasteiger partial charge in [-0.2, -0.15) is 0 Å². The highest BCUT2D eigenvalue weighted by molar-refractivity contribution is 9.10. The first-order valence-corrected chi connectivity index (χ1v) is 7.28. The third-order valence-corrected chi connectivity index (χ3v) is 3.59. The molecule has 0 unspecified atom stereocenters. The van der Waals surface area contributed by atoms with Gasteiger partial charge in [0.25, 0.3) is 0 Å². The Labute approximate surface area is 131 Å². The van der Waals surface area contributed by atoms with Gasteiger partial charge in [0.15, 0.2) is 0 Å². The molecule has 0 amide bonds. The highest BCUT2D eigenvalue weighted by Gasteiger charge is 2.16. The van der Waals surface area contributed by atoms with Crippen molar-refractivity contribution in [2.75, 3.05) is 0 Å². The van der Waals surface area contributed by atoms with Crippen LogP contribution in [0.1, 0.15) is 24.9 Å². The molecule has 0 bridgehead atoms. The summed E-state index contributed by atoms with van der Waals surface area (Å²) in [5, 5.41) is 11.0. The lowest BCUT2D eigenvalue weighted by atomic mass is 10.1. The van der Waals surface area contributed by atoms with E-state index in [1.807, 2.05) is 19.1 Å². The summed E-state index contributed by atoms with van der Waals surface area (Å²) in [5.41, 5.74) is 6.87. The molecule has 2 aromatic carbocycles. The third-order valence-electron chi connectivity index (χ3n) is 3.09. The van der Waals surface area contributed by atoms with Gasteiger partial charge < -0.3 is 10.5 Å². The number of halogens is 1. The number of benzene rings is 2. The number of nitrogens with zero attached hydrogens (tertiary/aromatic N) is 1. The van der Waals surface area contributed by atoms with Crippen LogP contribution in [0.5, 0.6) is 11.5 Å². The van der Waals surface area contributed by atoms with Gasteiger partial charge in [-0.1, -0.05) is 35.0 Å². The van der Waals surface area contributed by atoms with E-state index in [4.69, 9.17) is 10.5 Å². The molecule has 0 aliphatic rings. The fourth-order valence-corrected chi connectivity index (χ4v) is 2.21. The SMILES string of the molecule is CC[C@H](N)c1ccc(Oc2ccc(Br)cc2[N+](=O)[O-])cc1. The highest BCUT2D eigenvalue weighted by Crippen LogP contribution is 2.33. The summed E-state index contributed by atoms with van der Waals surface area (Å²) in [5.74, 6) is 0.739. The molecule has 0 spiro atoms. The van der Waals surface area contributed by atoms with Crippen LogP contribution < -0.4 is 10.5 Å². The predicted molar refractivity (Wildman–Crippen MR) is 84.5 cm³/mol. The standard InChI is InChI=1S/C15H15BrN2O3/c1-2-13(17)10-3-6-12(7-4-10)21-15-8-5-11(16)9-14(15)18(19)20/h3-9,13H,2,17H2,1H3/t13-/m0/s1. The zero-order valence-corrected chi connectivity index (χ0v) is 13.0. The maximum Gasteiger partial charge on any atom is 0.312 e. The summed E-state index contributed by atoms with van der Waals surface area (Å²) < 4.78 is 6.22. The first-order valence-electron chi connectivity index (χ1n) is 6.48. The fourth-order valence-electron chi connectivity index (χ4n) is 1.87. The molecule has 2 N–H and O–H groups in total. The lowest BCUT2D eigenvalue weighted by Crippen LogP contribution is -2.08. The van der Waals surface area contributed by atoms with Gasteiger partial charge in [-0.3, -0.25) is 10.1 Å². The number of hydrogen-bond donors (Lipinski definition) is 1. The molecule has 1 atom stereocenters. The van der Waals surface area contributed by atoms with Gasteiger partial charge in [-0.15, -0.1) is 0 Å². The fraction of sp³-hybridized carbons (Fsp3) is 0.200. The van der Waals surface area contributed by atoms with E-state index < -0.39 is 4.92 Å². The van der Waals surface area contributed by atoms with Crippen LogP contribution >= 0.6 is 15.9 Å². The van der Waals surface area contributed by atoms with Gasteiger partial charge >= 0.3 is 5.69 Å². The van der Waals surface area contributed by atoms with Crippen LogP contribution in [0.25, 0.3) is 0 Å². The van der Waals surface area contributed by atoms with E-state index in [0.717, 1.165) is 12.0 Å². The van der Waals surface area contributed by atoms with Crippen LogP contribution in [0, 0.1) is 10.1 Å². The summed E-state index contributed by atoms with van der Waals surface area (Å²) >= 11 is 3.21. The Kier molecular flexibility index (Phi) is 4.93. The van der Waals surface area contributed by atoms with E-state index in [-0.39, 0.29) is 17.5 Å². The minimum absolute atomic E-state index is 0.0129. The van der Waals surface area contributed by atoms with Crippen molar-refractivity contribution in [2.24, 2.45) is 5.73 Å². The van der Waals surface area contributed by atoms with Gasteiger partial charge in [0, 0.05) is 16.6 Å². The minimum atomic E-state index is -0.471. The number of nitro groups is 1. The lowest BCUT2D eigenvalue weighted by Gasteiger charge is -2.11. The average Bonchev–Trinajstić information content (AvgIpc) is 2.49. The second-order valence-electron chi connectivity index (χ2n) is 4.55. The summed E-state index contributed by atoms with van der Waals surface area (Å²) in [6.07, 6.45) is 0.846. The maximum absolute atomic E-state index is 11.0. The van der Waals surface area contributed by atoms with E-state index in [1.165, 1.54) is 6.07 Å². The molecule has 0 radical (unpaired) electrons. The van der Waals surface area contributed by atoms with Crippen LogP contribution in [0.2, 0.25) is 0 Å². The molecule has 5 nitrogen and oxygen atoms in total. The maximum atomic E-state index is 11.0. The molecule has 2 rings (SSSR count). The summed E-state index contributed by atoms with van der Waals surface area (Å²) in [7, 11) is 0. The Morgan fingerprint density at radius 3 is 2.52 bits per heavy atom.